The van der Waals surface area contributed by atoms with E-state index in [-0.39, 0.29) is 106 Å². The second-order valence-electron chi connectivity index (χ2n) is 16.7. The molecule has 0 aliphatic heterocycles. The van der Waals surface area contributed by atoms with E-state index in [9.17, 15) is 34.4 Å². The molecular weight excluding hydrogens is 1070 g/mol. The lowest BCUT2D eigenvalue weighted by Gasteiger charge is -2.35. The maximum atomic E-state index is 14.5. The minimum absolute atomic E-state index is 0.0115. The van der Waals surface area contributed by atoms with E-state index in [1.807, 2.05) is 0 Å². The van der Waals surface area contributed by atoms with Gasteiger partial charge in [0.25, 0.3) is 11.8 Å². The van der Waals surface area contributed by atoms with Gasteiger partial charge in [0.1, 0.15) is 48.0 Å². The minimum Gasteiger partial charge on any atom is -0.479 e. The summed E-state index contributed by atoms with van der Waals surface area (Å²) in [5, 5.41) is 14.2. The van der Waals surface area contributed by atoms with Gasteiger partial charge in [-0.25, -0.2) is 54.3 Å². The highest BCUT2D eigenvalue weighted by Gasteiger charge is 2.54. The van der Waals surface area contributed by atoms with E-state index in [1.54, 1.807) is 0 Å². The molecule has 6 heterocycles. The van der Waals surface area contributed by atoms with Crippen LogP contribution in [0.1, 0.15) is 98.5 Å². The fraction of sp³-hybridized carbons (Fsp3) is 0.524. The number of methoxy groups -OCH3 is 6. The summed E-state index contributed by atoms with van der Waals surface area (Å²) < 4.78 is 146. The van der Waals surface area contributed by atoms with Crippen LogP contribution in [-0.4, -0.2) is 151 Å². The molecule has 6 aromatic heterocycles. The predicted octanol–water partition coefficient (Wildman–Crippen LogP) is 5.44. The van der Waals surface area contributed by atoms with Gasteiger partial charge in [-0.15, -0.1) is 20.4 Å². The van der Waals surface area contributed by atoms with Crippen LogP contribution >= 0.6 is 23.2 Å². The highest BCUT2D eigenvalue weighted by atomic mass is 35.5. The molecule has 6 aromatic rings. The lowest BCUT2D eigenvalue weighted by atomic mass is 9.80. The first-order chi connectivity index (χ1) is 35.1. The maximum Gasteiger partial charge on any atom is 0.258 e. The van der Waals surface area contributed by atoms with Gasteiger partial charge in [0.15, 0.2) is 54.3 Å². The molecule has 24 nitrogen and oxygen atoms in total. The van der Waals surface area contributed by atoms with Crippen LogP contribution in [0.5, 0.6) is 23.5 Å². The van der Waals surface area contributed by atoms with Crippen molar-refractivity contribution in [3.05, 3.63) is 82.4 Å². The smallest absolute Gasteiger partial charge is 0.258 e. The summed E-state index contributed by atoms with van der Waals surface area (Å²) in [6, 6.07) is 0. The van der Waals surface area contributed by atoms with Gasteiger partial charge in [0, 0.05) is 51.8 Å². The quantitative estimate of drug-likeness (QED) is 0.0859. The van der Waals surface area contributed by atoms with E-state index in [0.717, 1.165) is 12.7 Å². The van der Waals surface area contributed by atoms with Crippen molar-refractivity contribution >= 4 is 42.9 Å². The summed E-state index contributed by atoms with van der Waals surface area (Å²) >= 11 is 11.7. The molecule has 0 spiro atoms. The van der Waals surface area contributed by atoms with Gasteiger partial charge in [0.05, 0.1) is 60.8 Å². The zero-order valence-electron chi connectivity index (χ0n) is 40.6. The Balaban J connectivity index is 0.000000216. The van der Waals surface area contributed by atoms with Crippen LogP contribution < -0.4 is 18.9 Å². The van der Waals surface area contributed by atoms with Crippen molar-refractivity contribution < 1.29 is 62.8 Å². The first-order valence-electron chi connectivity index (χ1n) is 22.0. The average Bonchev–Trinajstić information content (AvgIpc) is 3.95. The molecule has 2 saturated carbocycles. The molecule has 74 heavy (non-hydrogen) atoms. The van der Waals surface area contributed by atoms with Gasteiger partial charge in [-0.2, -0.15) is 19.9 Å². The van der Waals surface area contributed by atoms with E-state index in [1.165, 1.54) is 90.4 Å². The van der Waals surface area contributed by atoms with Crippen molar-refractivity contribution in [3.8, 4) is 34.9 Å². The number of sulfone groups is 2. The number of hydrogen-bond donors (Lipinski definition) is 0. The summed E-state index contributed by atoms with van der Waals surface area (Å²) in [5.41, 5.74) is 0.0229. The zero-order chi connectivity index (χ0) is 53.9. The maximum absolute atomic E-state index is 14.5. The van der Waals surface area contributed by atoms with Gasteiger partial charge >= 0.3 is 0 Å². The molecule has 6 atom stereocenters. The van der Waals surface area contributed by atoms with Crippen LogP contribution in [0.25, 0.3) is 11.4 Å². The van der Waals surface area contributed by atoms with Crippen LogP contribution in [0, 0.1) is 0 Å². The first kappa shape index (κ1) is 55.7. The van der Waals surface area contributed by atoms with Crippen LogP contribution in [0.15, 0.2) is 37.4 Å². The zero-order valence-corrected chi connectivity index (χ0v) is 43.7. The Kier molecular flexibility index (Phi) is 16.9. The molecule has 0 aromatic carbocycles. The summed E-state index contributed by atoms with van der Waals surface area (Å²) in [6.07, 6.45) is 5.14. The molecule has 0 radical (unpaired) electrons. The fourth-order valence-electron chi connectivity index (χ4n) is 8.06. The molecule has 0 saturated heterocycles. The van der Waals surface area contributed by atoms with Gasteiger partial charge in [0.2, 0.25) is 23.5 Å². The largest absolute Gasteiger partial charge is 0.479 e. The SMILES string of the molecule is COc1ncnc(OC)c1-n1c(CS(=O)(=O)[C@@H](C)[C@H](OC)c2ncc(Cl)cn2)nnc1[C@@H]1CCC1(F)F.COc1ncnc(OC)c1-n1c(CS(=O)(=O)[C@@H](C)[C@H](OC)c2ncc(Cl)cn2)nnc1[C@H]1CCC1(F)F. The topological polar surface area (TPSA) is 288 Å². The Morgan fingerprint density at radius 1 is 0.554 bits per heavy atom. The number of halogens is 6. The van der Waals surface area contributed by atoms with Crippen molar-refractivity contribution in [2.45, 2.75) is 97.4 Å². The standard InChI is InChI=1S/2C21H24ClF2N7O5S/c2*1-11(16(34-2)17-25-7-12(22)8-26-17)37(32,33)9-14-29-30-18(13-5-6-21(13,23)24)31(14)15-19(35-3)27-10-28-20(15)36-4/h2*7-8,10-11,13,16H,5-6,9H2,1-4H3/t11-,13+,16-;11-,13-,16-/m00/s1. The number of ether oxygens (including phenoxy) is 6. The Labute approximate surface area is 430 Å². The molecule has 2 fully saturated rings. The Bertz CT molecular complexity index is 2910. The summed E-state index contributed by atoms with van der Waals surface area (Å²) in [6.45, 7) is 2.85. The molecule has 0 unspecified atom stereocenters. The number of alkyl halides is 4. The summed E-state index contributed by atoms with van der Waals surface area (Å²) in [5.74, 6) is -10.6. The molecule has 0 amide bonds. The van der Waals surface area contributed by atoms with E-state index >= 15 is 0 Å². The molecule has 2 aliphatic carbocycles. The Hall–Kier alpha value is -6.08. The van der Waals surface area contributed by atoms with Gasteiger partial charge in [-0.1, -0.05) is 23.2 Å². The van der Waals surface area contributed by atoms with Crippen molar-refractivity contribution in [3.63, 3.8) is 0 Å². The first-order valence-corrected chi connectivity index (χ1v) is 26.2. The predicted molar refractivity (Wildman–Crippen MR) is 252 cm³/mol. The molecule has 2 aliphatic rings. The summed E-state index contributed by atoms with van der Waals surface area (Å²) in [4.78, 5) is 32.4. The molecule has 32 heteroatoms. The van der Waals surface area contributed by atoms with Crippen molar-refractivity contribution in [1.29, 1.82) is 0 Å². The Morgan fingerprint density at radius 3 is 1.11 bits per heavy atom. The second kappa shape index (κ2) is 22.4. The van der Waals surface area contributed by atoms with Crippen LogP contribution in [0.2, 0.25) is 10.0 Å². The normalized spacial score (nSPS) is 18.6. The van der Waals surface area contributed by atoms with Gasteiger partial charge < -0.3 is 28.4 Å². The van der Waals surface area contributed by atoms with Gasteiger partial charge in [-0.05, 0) is 26.7 Å². The van der Waals surface area contributed by atoms with Gasteiger partial charge in [-0.3, -0.25) is 9.13 Å². The van der Waals surface area contributed by atoms with E-state index in [0.29, 0.717) is 0 Å². The molecule has 0 N–H and O–H groups in total. The highest BCUT2D eigenvalue weighted by Crippen LogP contribution is 2.52. The lowest BCUT2D eigenvalue weighted by molar-refractivity contribution is -0.0999. The second-order valence-corrected chi connectivity index (χ2v) is 22.3. The lowest BCUT2D eigenvalue weighted by Crippen LogP contribution is -2.38. The minimum atomic E-state index is -4.05. The van der Waals surface area contributed by atoms with E-state index in [2.05, 4.69) is 60.3 Å². The third-order valence-corrected chi connectivity index (χ3v) is 16.8. The van der Waals surface area contributed by atoms with Crippen LogP contribution in [0.3, 0.4) is 0 Å². The molecule has 0 bridgehead atoms. The number of nitrogens with zero attached hydrogens (tertiary/aromatic N) is 14. The molecular formula is C42H48Cl2F4N14O10S2. The molecule has 400 valence electrons. The third kappa shape index (κ3) is 11.1. The van der Waals surface area contributed by atoms with Crippen molar-refractivity contribution in [2.24, 2.45) is 0 Å². The Morgan fingerprint density at radius 2 is 0.865 bits per heavy atom. The highest BCUT2D eigenvalue weighted by molar-refractivity contribution is 7.91. The van der Waals surface area contributed by atoms with Crippen LogP contribution in [-0.2, 0) is 40.7 Å². The van der Waals surface area contributed by atoms with Crippen molar-refractivity contribution in [1.82, 2.24) is 69.4 Å². The third-order valence-electron chi connectivity index (χ3n) is 12.4. The molecule has 8 rings (SSSR count). The number of rotatable bonds is 20. The van der Waals surface area contributed by atoms with Crippen LogP contribution in [0.4, 0.5) is 17.6 Å². The number of aromatic nitrogens is 14. The van der Waals surface area contributed by atoms with E-state index < -0.39 is 77.6 Å². The monoisotopic (exact) mass is 1120 g/mol. The number of hydrogen-bond acceptors (Lipinski definition) is 22. The summed E-state index contributed by atoms with van der Waals surface area (Å²) in [7, 11) is -0.177. The van der Waals surface area contributed by atoms with Crippen molar-refractivity contribution in [2.75, 3.05) is 42.7 Å². The average molecular weight is 1120 g/mol. The van der Waals surface area contributed by atoms with E-state index in [4.69, 9.17) is 51.6 Å². The fourth-order valence-corrected chi connectivity index (χ4v) is 11.1.